The lowest BCUT2D eigenvalue weighted by Crippen LogP contribution is -2.28. The number of nitrogens with one attached hydrogen (secondary N) is 2. The average Bonchev–Trinajstić information content (AvgIpc) is 2.40. The van der Waals surface area contributed by atoms with Crippen molar-refractivity contribution in [1.29, 1.82) is 0 Å². The summed E-state index contributed by atoms with van der Waals surface area (Å²) in [5.41, 5.74) is 1.45. The molecule has 4 nitrogen and oxygen atoms in total. The normalized spacial score (nSPS) is 10.0. The van der Waals surface area contributed by atoms with E-state index in [0.29, 0.717) is 11.4 Å². The summed E-state index contributed by atoms with van der Waals surface area (Å²) in [7, 11) is 0. The highest BCUT2D eigenvalue weighted by Crippen LogP contribution is 2.06. The minimum atomic E-state index is -0.417. The van der Waals surface area contributed by atoms with Gasteiger partial charge in [0.25, 0.3) is 0 Å². The smallest absolute Gasteiger partial charge is 0.320 e. The Morgan fingerprint density at radius 2 is 2.05 bits per heavy atom. The number of nitrogens with zero attached hydrogens (tertiary/aromatic N) is 1. The van der Waals surface area contributed by atoms with Gasteiger partial charge in [0.2, 0.25) is 0 Å². The number of aryl methyl sites for hydroxylation is 1. The Kier molecular flexibility index (Phi) is 4.07. The molecule has 2 aromatic rings. The van der Waals surface area contributed by atoms with Gasteiger partial charge in [-0.25, -0.2) is 14.2 Å². The van der Waals surface area contributed by atoms with E-state index >= 15 is 0 Å². The molecule has 2 amide bonds. The van der Waals surface area contributed by atoms with Gasteiger partial charge in [0.1, 0.15) is 11.6 Å². The first kappa shape index (κ1) is 13.0. The van der Waals surface area contributed by atoms with Gasteiger partial charge in [-0.2, -0.15) is 0 Å². The van der Waals surface area contributed by atoms with E-state index in [9.17, 15) is 9.18 Å². The molecule has 0 fully saturated rings. The summed E-state index contributed by atoms with van der Waals surface area (Å²) < 4.78 is 13.3. The van der Waals surface area contributed by atoms with E-state index in [2.05, 4.69) is 15.6 Å². The molecule has 0 spiro atoms. The standard InChI is InChI=1S/C14H14FN3O/c1-10-6-7-13(16-8-10)18-14(19)17-9-11-4-2-3-5-12(11)15/h2-8H,9H2,1H3,(H2,16,17,18,19). The third kappa shape index (κ3) is 3.77. The van der Waals surface area contributed by atoms with Crippen LogP contribution in [0.2, 0.25) is 0 Å². The largest absolute Gasteiger partial charge is 0.334 e. The molecule has 0 aliphatic carbocycles. The van der Waals surface area contributed by atoms with Crippen LogP contribution in [-0.4, -0.2) is 11.0 Å². The predicted octanol–water partition coefficient (Wildman–Crippen LogP) is 2.85. The second-order valence-electron chi connectivity index (χ2n) is 4.12. The highest BCUT2D eigenvalue weighted by Gasteiger charge is 2.04. The molecule has 2 rings (SSSR count). The van der Waals surface area contributed by atoms with Gasteiger partial charge in [-0.15, -0.1) is 0 Å². The van der Waals surface area contributed by atoms with Crippen molar-refractivity contribution in [3.63, 3.8) is 0 Å². The zero-order valence-electron chi connectivity index (χ0n) is 10.5. The summed E-state index contributed by atoms with van der Waals surface area (Å²) >= 11 is 0. The van der Waals surface area contributed by atoms with Crippen LogP contribution in [0.15, 0.2) is 42.6 Å². The van der Waals surface area contributed by atoms with Crippen LogP contribution in [0.1, 0.15) is 11.1 Å². The van der Waals surface area contributed by atoms with Crippen molar-refractivity contribution >= 4 is 11.8 Å². The van der Waals surface area contributed by atoms with E-state index in [4.69, 9.17) is 0 Å². The number of amides is 2. The van der Waals surface area contributed by atoms with Crippen molar-refractivity contribution in [2.75, 3.05) is 5.32 Å². The Bertz CT molecular complexity index is 569. The molecular formula is C14H14FN3O. The van der Waals surface area contributed by atoms with E-state index < -0.39 is 6.03 Å². The van der Waals surface area contributed by atoms with Crippen LogP contribution in [-0.2, 0) is 6.54 Å². The zero-order chi connectivity index (χ0) is 13.7. The molecule has 5 heteroatoms. The number of pyridine rings is 1. The fourth-order valence-corrected chi connectivity index (χ4v) is 1.52. The molecule has 0 bridgehead atoms. The molecule has 0 saturated heterocycles. The molecule has 0 aliphatic heterocycles. The Morgan fingerprint density at radius 3 is 2.74 bits per heavy atom. The van der Waals surface area contributed by atoms with E-state index in [1.54, 1.807) is 30.5 Å². The highest BCUT2D eigenvalue weighted by atomic mass is 19.1. The lowest BCUT2D eigenvalue weighted by molar-refractivity contribution is 0.251. The van der Waals surface area contributed by atoms with Gasteiger partial charge in [0.15, 0.2) is 0 Å². The molecule has 0 aliphatic rings. The number of hydrogen-bond acceptors (Lipinski definition) is 2. The first-order chi connectivity index (χ1) is 9.15. The summed E-state index contributed by atoms with van der Waals surface area (Å²) in [5, 5.41) is 5.15. The molecule has 19 heavy (non-hydrogen) atoms. The molecule has 1 aromatic carbocycles. The van der Waals surface area contributed by atoms with Gasteiger partial charge < -0.3 is 5.32 Å². The molecule has 0 radical (unpaired) electrons. The molecule has 1 heterocycles. The van der Waals surface area contributed by atoms with Gasteiger partial charge in [-0.05, 0) is 24.6 Å². The Balaban J connectivity index is 1.88. The van der Waals surface area contributed by atoms with Gasteiger partial charge >= 0.3 is 6.03 Å². The Morgan fingerprint density at radius 1 is 1.26 bits per heavy atom. The van der Waals surface area contributed by atoms with Crippen molar-refractivity contribution in [1.82, 2.24) is 10.3 Å². The maximum absolute atomic E-state index is 13.3. The topological polar surface area (TPSA) is 54.0 Å². The minimum Gasteiger partial charge on any atom is -0.334 e. The third-order valence-corrected chi connectivity index (χ3v) is 2.55. The maximum Gasteiger partial charge on any atom is 0.320 e. The first-order valence-electron chi connectivity index (χ1n) is 5.86. The van der Waals surface area contributed by atoms with Gasteiger partial charge in [-0.1, -0.05) is 24.3 Å². The van der Waals surface area contributed by atoms with Gasteiger partial charge in [-0.3, -0.25) is 5.32 Å². The van der Waals surface area contributed by atoms with Crippen LogP contribution in [0.25, 0.3) is 0 Å². The summed E-state index contributed by atoms with van der Waals surface area (Å²) in [4.78, 5) is 15.6. The number of hydrogen-bond donors (Lipinski definition) is 2. The zero-order valence-corrected chi connectivity index (χ0v) is 10.5. The fraction of sp³-hybridized carbons (Fsp3) is 0.143. The number of urea groups is 1. The van der Waals surface area contributed by atoms with Crippen molar-refractivity contribution in [3.8, 4) is 0 Å². The van der Waals surface area contributed by atoms with Crippen LogP contribution < -0.4 is 10.6 Å². The van der Waals surface area contributed by atoms with Crippen molar-refractivity contribution < 1.29 is 9.18 Å². The molecule has 0 saturated carbocycles. The molecule has 2 N–H and O–H groups in total. The van der Waals surface area contributed by atoms with Crippen LogP contribution >= 0.6 is 0 Å². The Labute approximate surface area is 110 Å². The van der Waals surface area contributed by atoms with Gasteiger partial charge in [0, 0.05) is 18.3 Å². The van der Waals surface area contributed by atoms with E-state index in [1.807, 2.05) is 13.0 Å². The fourth-order valence-electron chi connectivity index (χ4n) is 1.52. The number of aromatic nitrogens is 1. The second kappa shape index (κ2) is 5.95. The molecule has 1 aromatic heterocycles. The summed E-state index contributed by atoms with van der Waals surface area (Å²) in [6.45, 7) is 2.04. The number of anilines is 1. The maximum atomic E-state index is 13.3. The summed E-state index contributed by atoms with van der Waals surface area (Å²) in [6, 6.07) is 9.45. The van der Waals surface area contributed by atoms with Crippen molar-refractivity contribution in [2.24, 2.45) is 0 Å². The SMILES string of the molecule is Cc1ccc(NC(=O)NCc2ccccc2F)nc1. The first-order valence-corrected chi connectivity index (χ1v) is 5.86. The van der Waals surface area contributed by atoms with Gasteiger partial charge in [0.05, 0.1) is 0 Å². The number of carbonyl (C=O) groups is 1. The van der Waals surface area contributed by atoms with Crippen LogP contribution in [0, 0.1) is 12.7 Å². The van der Waals surface area contributed by atoms with Crippen LogP contribution in [0.4, 0.5) is 15.0 Å². The summed E-state index contributed by atoms with van der Waals surface area (Å²) in [6.07, 6.45) is 1.66. The number of rotatable bonds is 3. The molecule has 0 atom stereocenters. The van der Waals surface area contributed by atoms with Crippen molar-refractivity contribution in [2.45, 2.75) is 13.5 Å². The molecular weight excluding hydrogens is 245 g/mol. The number of benzene rings is 1. The lowest BCUT2D eigenvalue weighted by atomic mass is 10.2. The highest BCUT2D eigenvalue weighted by molar-refractivity contribution is 5.88. The summed E-state index contributed by atoms with van der Waals surface area (Å²) in [5.74, 6) is 0.118. The molecule has 0 unspecified atom stereocenters. The van der Waals surface area contributed by atoms with Crippen LogP contribution in [0.5, 0.6) is 0 Å². The van der Waals surface area contributed by atoms with E-state index in [0.717, 1.165) is 5.56 Å². The third-order valence-electron chi connectivity index (χ3n) is 2.55. The monoisotopic (exact) mass is 259 g/mol. The van der Waals surface area contributed by atoms with Crippen LogP contribution in [0.3, 0.4) is 0 Å². The van der Waals surface area contributed by atoms with E-state index in [1.165, 1.54) is 6.07 Å². The lowest BCUT2D eigenvalue weighted by Gasteiger charge is -2.07. The number of halogens is 1. The molecule has 98 valence electrons. The van der Waals surface area contributed by atoms with Crippen molar-refractivity contribution in [3.05, 3.63) is 59.5 Å². The predicted molar refractivity (Wildman–Crippen MR) is 71.2 cm³/mol. The Hall–Kier alpha value is -2.43. The number of carbonyl (C=O) groups excluding carboxylic acids is 1. The van der Waals surface area contributed by atoms with E-state index in [-0.39, 0.29) is 12.4 Å². The average molecular weight is 259 g/mol. The minimum absolute atomic E-state index is 0.129. The second-order valence-corrected chi connectivity index (χ2v) is 4.12. The quantitative estimate of drug-likeness (QED) is 0.890.